The molecule has 2 unspecified atom stereocenters. The smallest absolute Gasteiger partial charge is 0.0513 e. The summed E-state index contributed by atoms with van der Waals surface area (Å²) in [5, 5.41) is 0.813. The van der Waals surface area contributed by atoms with Crippen LogP contribution in [0.15, 0.2) is 24.3 Å². The van der Waals surface area contributed by atoms with Gasteiger partial charge in [-0.05, 0) is 31.1 Å². The SMILES string of the molecule is CCC(N)C(c1ccccc1Cl)N(CC)CC. The Morgan fingerprint density at radius 1 is 1.18 bits per heavy atom. The van der Waals surface area contributed by atoms with Crippen molar-refractivity contribution < 1.29 is 0 Å². The summed E-state index contributed by atoms with van der Waals surface area (Å²) < 4.78 is 0. The van der Waals surface area contributed by atoms with E-state index in [0.29, 0.717) is 0 Å². The molecule has 0 amide bonds. The Balaban J connectivity index is 3.10. The van der Waals surface area contributed by atoms with Gasteiger partial charge in [-0.3, -0.25) is 4.90 Å². The zero-order valence-electron chi connectivity index (χ0n) is 11.0. The molecule has 3 heteroatoms. The Morgan fingerprint density at radius 2 is 1.76 bits per heavy atom. The first-order valence-corrected chi connectivity index (χ1v) is 6.77. The van der Waals surface area contributed by atoms with E-state index < -0.39 is 0 Å². The van der Waals surface area contributed by atoms with Gasteiger partial charge in [0, 0.05) is 11.1 Å². The van der Waals surface area contributed by atoms with Crippen LogP contribution in [-0.2, 0) is 0 Å². The molecule has 0 aromatic heterocycles. The van der Waals surface area contributed by atoms with Gasteiger partial charge >= 0.3 is 0 Å². The fourth-order valence-corrected chi connectivity index (χ4v) is 2.50. The molecule has 0 aliphatic heterocycles. The van der Waals surface area contributed by atoms with E-state index in [4.69, 9.17) is 17.3 Å². The number of nitrogens with zero attached hydrogens (tertiary/aromatic N) is 1. The molecular formula is C14H23ClN2. The van der Waals surface area contributed by atoms with E-state index >= 15 is 0 Å². The molecule has 17 heavy (non-hydrogen) atoms. The lowest BCUT2D eigenvalue weighted by atomic mass is 9.96. The topological polar surface area (TPSA) is 29.3 Å². The van der Waals surface area contributed by atoms with Gasteiger partial charge in [0.1, 0.15) is 0 Å². The summed E-state index contributed by atoms with van der Waals surface area (Å²) in [7, 11) is 0. The minimum absolute atomic E-state index is 0.120. The van der Waals surface area contributed by atoms with Crippen LogP contribution >= 0.6 is 11.6 Å². The quantitative estimate of drug-likeness (QED) is 0.843. The molecule has 1 aromatic rings. The highest BCUT2D eigenvalue weighted by Gasteiger charge is 2.25. The summed E-state index contributed by atoms with van der Waals surface area (Å²) in [6.07, 6.45) is 0.951. The summed E-state index contributed by atoms with van der Waals surface area (Å²) in [4.78, 5) is 2.37. The second-order valence-electron chi connectivity index (χ2n) is 4.26. The fourth-order valence-electron chi connectivity index (χ4n) is 2.25. The minimum atomic E-state index is 0.120. The van der Waals surface area contributed by atoms with Gasteiger partial charge in [0.2, 0.25) is 0 Å². The van der Waals surface area contributed by atoms with Crippen molar-refractivity contribution in [3.05, 3.63) is 34.9 Å². The van der Waals surface area contributed by atoms with Gasteiger partial charge in [0.05, 0.1) is 6.04 Å². The maximum Gasteiger partial charge on any atom is 0.0513 e. The third-order valence-corrected chi connectivity index (χ3v) is 3.65. The lowest BCUT2D eigenvalue weighted by Crippen LogP contribution is -2.40. The van der Waals surface area contributed by atoms with E-state index in [-0.39, 0.29) is 12.1 Å². The Labute approximate surface area is 110 Å². The van der Waals surface area contributed by atoms with Gasteiger partial charge in [0.15, 0.2) is 0 Å². The largest absolute Gasteiger partial charge is 0.326 e. The first-order chi connectivity index (χ1) is 8.15. The summed E-state index contributed by atoms with van der Waals surface area (Å²) >= 11 is 6.30. The highest BCUT2D eigenvalue weighted by atomic mass is 35.5. The molecule has 0 fully saturated rings. The molecule has 0 heterocycles. The summed E-state index contributed by atoms with van der Waals surface area (Å²) in [5.41, 5.74) is 7.42. The van der Waals surface area contributed by atoms with Crippen molar-refractivity contribution in [3.8, 4) is 0 Å². The fraction of sp³-hybridized carbons (Fsp3) is 0.571. The number of rotatable bonds is 6. The molecule has 0 bridgehead atoms. The molecule has 0 spiro atoms. The van der Waals surface area contributed by atoms with E-state index in [1.165, 1.54) is 0 Å². The van der Waals surface area contributed by atoms with Gasteiger partial charge in [-0.15, -0.1) is 0 Å². The Bertz CT molecular complexity index is 337. The number of hydrogen-bond donors (Lipinski definition) is 1. The maximum absolute atomic E-state index is 6.30. The lowest BCUT2D eigenvalue weighted by Gasteiger charge is -2.34. The van der Waals surface area contributed by atoms with E-state index in [1.807, 2.05) is 18.2 Å². The van der Waals surface area contributed by atoms with E-state index in [1.54, 1.807) is 0 Å². The number of benzene rings is 1. The highest BCUT2D eigenvalue weighted by Crippen LogP contribution is 2.30. The van der Waals surface area contributed by atoms with Crippen LogP contribution in [-0.4, -0.2) is 24.0 Å². The van der Waals surface area contributed by atoms with Crippen LogP contribution in [0.5, 0.6) is 0 Å². The molecule has 0 aliphatic carbocycles. The van der Waals surface area contributed by atoms with Gasteiger partial charge < -0.3 is 5.73 Å². The molecule has 0 saturated heterocycles. The van der Waals surface area contributed by atoms with Gasteiger partial charge in [0.25, 0.3) is 0 Å². The normalized spacial score (nSPS) is 14.9. The molecule has 2 atom stereocenters. The van der Waals surface area contributed by atoms with E-state index in [9.17, 15) is 0 Å². The zero-order valence-corrected chi connectivity index (χ0v) is 11.7. The maximum atomic E-state index is 6.30. The Hall–Kier alpha value is -0.570. The minimum Gasteiger partial charge on any atom is -0.326 e. The van der Waals surface area contributed by atoms with Crippen LogP contribution in [0.4, 0.5) is 0 Å². The first kappa shape index (κ1) is 14.5. The van der Waals surface area contributed by atoms with Crippen LogP contribution in [0.2, 0.25) is 5.02 Å². The summed E-state index contributed by atoms with van der Waals surface area (Å²) in [6.45, 7) is 8.42. The van der Waals surface area contributed by atoms with Crippen LogP contribution < -0.4 is 5.73 Å². The Kier molecular flexibility index (Phi) is 5.96. The highest BCUT2D eigenvalue weighted by molar-refractivity contribution is 6.31. The molecule has 1 rings (SSSR count). The van der Waals surface area contributed by atoms with Gasteiger partial charge in [-0.2, -0.15) is 0 Å². The average molecular weight is 255 g/mol. The summed E-state index contributed by atoms with van der Waals surface area (Å²) in [6, 6.07) is 8.35. The second-order valence-corrected chi connectivity index (χ2v) is 4.67. The van der Waals surface area contributed by atoms with Gasteiger partial charge in [-0.1, -0.05) is 50.6 Å². The van der Waals surface area contributed by atoms with Crippen molar-refractivity contribution in [1.82, 2.24) is 4.90 Å². The molecule has 0 aliphatic rings. The standard InChI is InChI=1S/C14H23ClN2/c1-4-13(16)14(17(5-2)6-3)11-9-7-8-10-12(11)15/h7-10,13-14H,4-6,16H2,1-3H3. The van der Waals surface area contributed by atoms with Crippen molar-refractivity contribution in [3.63, 3.8) is 0 Å². The number of likely N-dealkylation sites (N-methyl/N-ethyl adjacent to an activating group) is 1. The average Bonchev–Trinajstić information content (AvgIpc) is 2.36. The third-order valence-electron chi connectivity index (χ3n) is 3.31. The molecule has 2 N–H and O–H groups in total. The van der Waals surface area contributed by atoms with Crippen molar-refractivity contribution in [2.75, 3.05) is 13.1 Å². The molecule has 2 nitrogen and oxygen atoms in total. The van der Waals surface area contributed by atoms with Crippen LogP contribution in [0, 0.1) is 0 Å². The van der Waals surface area contributed by atoms with Crippen LogP contribution in [0.3, 0.4) is 0 Å². The predicted molar refractivity (Wildman–Crippen MR) is 75.4 cm³/mol. The van der Waals surface area contributed by atoms with Crippen molar-refractivity contribution in [1.29, 1.82) is 0 Å². The third kappa shape index (κ3) is 3.44. The van der Waals surface area contributed by atoms with E-state index in [2.05, 4.69) is 31.7 Å². The predicted octanol–water partition coefficient (Wildman–Crippen LogP) is 3.46. The van der Waals surface area contributed by atoms with E-state index in [0.717, 1.165) is 30.1 Å². The Morgan fingerprint density at radius 3 is 2.24 bits per heavy atom. The molecule has 1 aromatic carbocycles. The second kappa shape index (κ2) is 7.00. The van der Waals surface area contributed by atoms with Crippen molar-refractivity contribution in [2.24, 2.45) is 5.73 Å². The van der Waals surface area contributed by atoms with Gasteiger partial charge in [-0.25, -0.2) is 0 Å². The summed E-state index contributed by atoms with van der Waals surface area (Å²) in [5.74, 6) is 0. The number of halogens is 1. The molecular weight excluding hydrogens is 232 g/mol. The number of nitrogens with two attached hydrogens (primary N) is 1. The molecule has 96 valence electrons. The zero-order chi connectivity index (χ0) is 12.8. The van der Waals surface area contributed by atoms with Crippen LogP contribution in [0.1, 0.15) is 38.8 Å². The molecule has 0 radical (unpaired) electrons. The van der Waals surface area contributed by atoms with Crippen molar-refractivity contribution in [2.45, 2.75) is 39.3 Å². The lowest BCUT2D eigenvalue weighted by molar-refractivity contribution is 0.187. The molecule has 0 saturated carbocycles. The van der Waals surface area contributed by atoms with Crippen molar-refractivity contribution >= 4 is 11.6 Å². The monoisotopic (exact) mass is 254 g/mol. The van der Waals surface area contributed by atoms with Crippen LogP contribution in [0.25, 0.3) is 0 Å². The first-order valence-electron chi connectivity index (χ1n) is 6.39. The number of hydrogen-bond acceptors (Lipinski definition) is 2.